The number of morpholine rings is 1. The number of benzene rings is 2. The maximum Gasteiger partial charge on any atom is 0.241 e. The lowest BCUT2D eigenvalue weighted by Gasteiger charge is -2.36. The fraction of sp³-hybridized carbons (Fsp3) is 0.350. The van der Waals surface area contributed by atoms with Gasteiger partial charge in [-0.3, -0.25) is 9.69 Å². The molecule has 2 aromatic carbocycles. The van der Waals surface area contributed by atoms with Crippen LogP contribution in [0, 0.1) is 5.82 Å². The van der Waals surface area contributed by atoms with Gasteiger partial charge in [-0.25, -0.2) is 4.39 Å². The van der Waals surface area contributed by atoms with Crippen LogP contribution in [-0.2, 0) is 9.53 Å². The molecule has 1 amide bonds. The van der Waals surface area contributed by atoms with Gasteiger partial charge in [0.05, 0.1) is 30.9 Å². The zero-order valence-electron chi connectivity index (χ0n) is 15.2. The second-order valence-corrected chi connectivity index (χ2v) is 6.83. The standard InChI is InChI=1S/C20H22ClFN2O3/c1-13(20(25)23-16-7-8-18(26-2)17(21)11-16)24-9-10-27-19(12-24)14-3-5-15(22)6-4-14/h3-8,11,13,19H,9-10,12H2,1-2H3,(H,23,25). The van der Waals surface area contributed by atoms with Crippen LogP contribution in [0.5, 0.6) is 5.75 Å². The summed E-state index contributed by atoms with van der Waals surface area (Å²) in [5, 5.41) is 3.32. The molecule has 3 rings (SSSR count). The van der Waals surface area contributed by atoms with Crippen molar-refractivity contribution >= 4 is 23.2 Å². The molecule has 27 heavy (non-hydrogen) atoms. The van der Waals surface area contributed by atoms with Gasteiger partial charge in [-0.1, -0.05) is 23.7 Å². The number of carbonyl (C=O) groups excluding carboxylic acids is 1. The second kappa shape index (κ2) is 8.69. The minimum atomic E-state index is -0.349. The Morgan fingerprint density at radius 2 is 2.07 bits per heavy atom. The van der Waals surface area contributed by atoms with Crippen LogP contribution < -0.4 is 10.1 Å². The minimum Gasteiger partial charge on any atom is -0.495 e. The zero-order valence-corrected chi connectivity index (χ0v) is 16.0. The van der Waals surface area contributed by atoms with Crippen LogP contribution in [0.2, 0.25) is 5.02 Å². The summed E-state index contributed by atoms with van der Waals surface area (Å²) in [6.07, 6.45) is -0.190. The molecule has 5 nitrogen and oxygen atoms in total. The molecule has 1 heterocycles. The predicted octanol–water partition coefficient (Wildman–Crippen LogP) is 3.89. The third-order valence-corrected chi connectivity index (χ3v) is 4.98. The van der Waals surface area contributed by atoms with Crippen molar-refractivity contribution in [3.63, 3.8) is 0 Å². The topological polar surface area (TPSA) is 50.8 Å². The van der Waals surface area contributed by atoms with Crippen molar-refractivity contribution in [3.8, 4) is 5.75 Å². The average molecular weight is 393 g/mol. The van der Waals surface area contributed by atoms with Crippen LogP contribution >= 0.6 is 11.6 Å². The van der Waals surface area contributed by atoms with Crippen LogP contribution in [0.4, 0.5) is 10.1 Å². The summed E-state index contributed by atoms with van der Waals surface area (Å²) in [6, 6.07) is 11.0. The average Bonchev–Trinajstić information content (AvgIpc) is 2.68. The van der Waals surface area contributed by atoms with E-state index in [2.05, 4.69) is 10.2 Å². The quantitative estimate of drug-likeness (QED) is 0.838. The molecule has 2 unspecified atom stereocenters. The summed E-state index contributed by atoms with van der Waals surface area (Å²) >= 11 is 6.11. The largest absolute Gasteiger partial charge is 0.495 e. The van der Waals surface area contributed by atoms with Crippen molar-refractivity contribution in [1.82, 2.24) is 4.90 Å². The lowest BCUT2D eigenvalue weighted by atomic mass is 10.1. The Labute approximate surface area is 163 Å². The van der Waals surface area contributed by atoms with Gasteiger partial charge in [0.15, 0.2) is 0 Å². The van der Waals surface area contributed by atoms with Crippen LogP contribution in [0.1, 0.15) is 18.6 Å². The van der Waals surface area contributed by atoms with Gasteiger partial charge in [0.25, 0.3) is 0 Å². The van der Waals surface area contributed by atoms with Gasteiger partial charge < -0.3 is 14.8 Å². The van der Waals surface area contributed by atoms with Crippen molar-refractivity contribution in [2.24, 2.45) is 0 Å². The van der Waals surface area contributed by atoms with Gasteiger partial charge in [-0.2, -0.15) is 0 Å². The van der Waals surface area contributed by atoms with E-state index in [-0.39, 0.29) is 23.9 Å². The first-order valence-electron chi connectivity index (χ1n) is 8.73. The molecular weight excluding hydrogens is 371 g/mol. The molecule has 0 bridgehead atoms. The number of nitrogens with one attached hydrogen (secondary N) is 1. The van der Waals surface area contributed by atoms with E-state index >= 15 is 0 Å². The molecule has 144 valence electrons. The highest BCUT2D eigenvalue weighted by Crippen LogP contribution is 2.28. The fourth-order valence-corrected chi connectivity index (χ4v) is 3.31. The minimum absolute atomic E-state index is 0.129. The third kappa shape index (κ3) is 4.77. The maximum atomic E-state index is 13.1. The Morgan fingerprint density at radius 1 is 1.33 bits per heavy atom. The van der Waals surface area contributed by atoms with E-state index in [1.54, 1.807) is 30.3 Å². The van der Waals surface area contributed by atoms with Crippen molar-refractivity contribution in [1.29, 1.82) is 0 Å². The molecule has 0 radical (unpaired) electrons. The number of rotatable bonds is 5. The number of nitrogens with zero attached hydrogens (tertiary/aromatic N) is 1. The van der Waals surface area contributed by atoms with E-state index in [1.165, 1.54) is 19.2 Å². The number of hydrogen-bond donors (Lipinski definition) is 1. The van der Waals surface area contributed by atoms with E-state index in [0.29, 0.717) is 36.2 Å². The van der Waals surface area contributed by atoms with Gasteiger partial charge in [-0.05, 0) is 42.8 Å². The number of ether oxygens (including phenoxy) is 2. The molecule has 0 spiro atoms. The number of halogens is 2. The van der Waals surface area contributed by atoms with E-state index in [9.17, 15) is 9.18 Å². The molecule has 1 aliphatic heterocycles. The summed E-state index contributed by atoms with van der Waals surface area (Å²) < 4.78 is 24.0. The van der Waals surface area contributed by atoms with Crippen molar-refractivity contribution in [2.75, 3.05) is 32.1 Å². The van der Waals surface area contributed by atoms with Gasteiger partial charge >= 0.3 is 0 Å². The predicted molar refractivity (Wildman–Crippen MR) is 103 cm³/mol. The Morgan fingerprint density at radius 3 is 2.74 bits per heavy atom. The molecule has 1 aliphatic rings. The Kier molecular flexibility index (Phi) is 6.31. The third-order valence-electron chi connectivity index (χ3n) is 4.69. The summed E-state index contributed by atoms with van der Waals surface area (Å²) in [7, 11) is 1.54. The van der Waals surface area contributed by atoms with Crippen LogP contribution in [0.25, 0.3) is 0 Å². The van der Waals surface area contributed by atoms with E-state index < -0.39 is 0 Å². The summed E-state index contributed by atoms with van der Waals surface area (Å²) in [5.74, 6) is 0.145. The first-order chi connectivity index (χ1) is 13.0. The molecule has 0 aliphatic carbocycles. The number of hydrogen-bond acceptors (Lipinski definition) is 4. The monoisotopic (exact) mass is 392 g/mol. The van der Waals surface area contributed by atoms with Gasteiger partial charge in [0.2, 0.25) is 5.91 Å². The molecule has 1 N–H and O–H groups in total. The molecule has 2 atom stereocenters. The van der Waals surface area contributed by atoms with E-state index in [4.69, 9.17) is 21.1 Å². The van der Waals surface area contributed by atoms with Gasteiger partial charge in [-0.15, -0.1) is 0 Å². The number of methoxy groups -OCH3 is 1. The van der Waals surface area contributed by atoms with Crippen molar-refractivity contribution in [3.05, 3.63) is 58.9 Å². The summed E-state index contributed by atoms with van der Waals surface area (Å²) in [6.45, 7) is 3.57. The highest BCUT2D eigenvalue weighted by Gasteiger charge is 2.28. The highest BCUT2D eigenvalue weighted by atomic mass is 35.5. The molecule has 1 saturated heterocycles. The SMILES string of the molecule is COc1ccc(NC(=O)C(C)N2CCOC(c3ccc(F)cc3)C2)cc1Cl. The number of amides is 1. The Hall–Kier alpha value is -2.15. The maximum absolute atomic E-state index is 13.1. The van der Waals surface area contributed by atoms with E-state index in [0.717, 1.165) is 5.56 Å². The molecule has 1 fully saturated rings. The van der Waals surface area contributed by atoms with Gasteiger partial charge in [0.1, 0.15) is 11.6 Å². The first-order valence-corrected chi connectivity index (χ1v) is 9.11. The Balaban J connectivity index is 1.63. The lowest BCUT2D eigenvalue weighted by Crippen LogP contribution is -2.48. The van der Waals surface area contributed by atoms with Crippen LogP contribution in [0.3, 0.4) is 0 Å². The van der Waals surface area contributed by atoms with Crippen LogP contribution in [-0.4, -0.2) is 43.7 Å². The summed E-state index contributed by atoms with van der Waals surface area (Å²) in [4.78, 5) is 14.7. The zero-order chi connectivity index (χ0) is 19.4. The van der Waals surface area contributed by atoms with Crippen molar-refractivity contribution in [2.45, 2.75) is 19.1 Å². The highest BCUT2D eigenvalue weighted by molar-refractivity contribution is 6.32. The smallest absolute Gasteiger partial charge is 0.241 e. The molecular formula is C20H22ClFN2O3. The normalized spacial score (nSPS) is 18.7. The second-order valence-electron chi connectivity index (χ2n) is 6.42. The summed E-state index contributed by atoms with van der Waals surface area (Å²) in [5.41, 5.74) is 1.51. The molecule has 0 aromatic heterocycles. The lowest BCUT2D eigenvalue weighted by molar-refractivity contribution is -0.124. The molecule has 0 saturated carbocycles. The number of carbonyl (C=O) groups is 1. The molecule has 2 aromatic rings. The van der Waals surface area contributed by atoms with Gasteiger partial charge in [0, 0.05) is 18.8 Å². The van der Waals surface area contributed by atoms with Crippen LogP contribution in [0.15, 0.2) is 42.5 Å². The van der Waals surface area contributed by atoms with Crippen molar-refractivity contribution < 1.29 is 18.7 Å². The fourth-order valence-electron chi connectivity index (χ4n) is 3.06. The van der Waals surface area contributed by atoms with E-state index in [1.807, 2.05) is 6.92 Å². The first kappa shape index (κ1) is 19.6. The Bertz CT molecular complexity index is 800. The number of anilines is 1. The molecule has 7 heteroatoms.